The Kier molecular flexibility index (Phi) is 4.86. The van der Waals surface area contributed by atoms with Crippen LogP contribution in [0.1, 0.15) is 16.7 Å². The minimum Gasteiger partial charge on any atom is -0.478 e. The van der Waals surface area contributed by atoms with Gasteiger partial charge in [-0.25, -0.2) is 4.79 Å². The number of hydrogen-bond acceptors (Lipinski definition) is 2. The SMILES string of the molecule is Cc1ccc(Cl)cc1CC(Oc1ccccc1C)C(=O)O. The standard InChI is InChI=1S/C17H17ClO3/c1-11-7-8-14(18)9-13(11)10-16(17(19)20)21-15-6-4-3-5-12(15)2/h3-9,16H,10H2,1-2H3,(H,19,20). The van der Waals surface area contributed by atoms with Gasteiger partial charge < -0.3 is 9.84 Å². The van der Waals surface area contributed by atoms with Gasteiger partial charge in [-0.3, -0.25) is 0 Å². The molecule has 0 amide bonds. The van der Waals surface area contributed by atoms with E-state index in [0.717, 1.165) is 16.7 Å². The Morgan fingerprint density at radius 3 is 2.57 bits per heavy atom. The van der Waals surface area contributed by atoms with Crippen LogP contribution in [0.15, 0.2) is 42.5 Å². The van der Waals surface area contributed by atoms with E-state index >= 15 is 0 Å². The molecule has 110 valence electrons. The number of aliphatic carboxylic acids is 1. The van der Waals surface area contributed by atoms with Gasteiger partial charge in [-0.1, -0.05) is 35.9 Å². The highest BCUT2D eigenvalue weighted by Gasteiger charge is 2.21. The Balaban J connectivity index is 2.22. The number of aryl methyl sites for hydroxylation is 2. The lowest BCUT2D eigenvalue weighted by Crippen LogP contribution is -2.30. The minimum absolute atomic E-state index is 0.274. The molecule has 21 heavy (non-hydrogen) atoms. The first kappa shape index (κ1) is 15.4. The van der Waals surface area contributed by atoms with Crippen molar-refractivity contribution in [3.8, 4) is 5.75 Å². The van der Waals surface area contributed by atoms with Crippen LogP contribution in [-0.2, 0) is 11.2 Å². The molecule has 2 aromatic carbocycles. The van der Waals surface area contributed by atoms with Crippen molar-refractivity contribution in [2.45, 2.75) is 26.4 Å². The molecule has 0 bridgehead atoms. The molecule has 0 saturated heterocycles. The van der Waals surface area contributed by atoms with Gasteiger partial charge in [-0.15, -0.1) is 0 Å². The van der Waals surface area contributed by atoms with Crippen molar-refractivity contribution >= 4 is 17.6 Å². The first-order valence-corrected chi connectivity index (χ1v) is 7.05. The van der Waals surface area contributed by atoms with Gasteiger partial charge in [0.1, 0.15) is 5.75 Å². The maximum absolute atomic E-state index is 11.5. The van der Waals surface area contributed by atoms with Gasteiger partial charge in [0.25, 0.3) is 0 Å². The number of hydrogen-bond donors (Lipinski definition) is 1. The Morgan fingerprint density at radius 2 is 1.90 bits per heavy atom. The quantitative estimate of drug-likeness (QED) is 0.907. The van der Waals surface area contributed by atoms with Crippen molar-refractivity contribution in [2.24, 2.45) is 0 Å². The Hall–Kier alpha value is -2.00. The molecule has 0 aliphatic rings. The summed E-state index contributed by atoms with van der Waals surface area (Å²) in [5, 5.41) is 9.98. The number of halogens is 1. The number of para-hydroxylation sites is 1. The van der Waals surface area contributed by atoms with Crippen molar-refractivity contribution in [2.75, 3.05) is 0 Å². The van der Waals surface area contributed by atoms with Crippen molar-refractivity contribution < 1.29 is 14.6 Å². The molecule has 2 aromatic rings. The van der Waals surface area contributed by atoms with E-state index in [1.54, 1.807) is 18.2 Å². The van der Waals surface area contributed by atoms with E-state index in [1.807, 2.05) is 38.1 Å². The zero-order valence-electron chi connectivity index (χ0n) is 12.0. The van der Waals surface area contributed by atoms with E-state index in [9.17, 15) is 9.90 Å². The molecule has 1 atom stereocenters. The highest BCUT2D eigenvalue weighted by molar-refractivity contribution is 6.30. The molecule has 0 fully saturated rings. The van der Waals surface area contributed by atoms with Gasteiger partial charge in [0.2, 0.25) is 0 Å². The van der Waals surface area contributed by atoms with Crippen LogP contribution in [0.25, 0.3) is 0 Å². The van der Waals surface area contributed by atoms with E-state index in [1.165, 1.54) is 0 Å². The molecule has 3 nitrogen and oxygen atoms in total. The van der Waals surface area contributed by atoms with Gasteiger partial charge >= 0.3 is 5.97 Å². The molecule has 1 unspecified atom stereocenters. The summed E-state index contributed by atoms with van der Waals surface area (Å²) in [5.41, 5.74) is 2.79. The van der Waals surface area contributed by atoms with Crippen LogP contribution < -0.4 is 4.74 Å². The number of carboxylic acid groups (broad SMARTS) is 1. The summed E-state index contributed by atoms with van der Waals surface area (Å²) in [4.78, 5) is 11.5. The van der Waals surface area contributed by atoms with Crippen LogP contribution in [0.2, 0.25) is 5.02 Å². The zero-order valence-corrected chi connectivity index (χ0v) is 12.7. The molecular weight excluding hydrogens is 288 g/mol. The highest BCUT2D eigenvalue weighted by atomic mass is 35.5. The number of ether oxygens (including phenoxy) is 1. The van der Waals surface area contributed by atoms with Gasteiger partial charge in [0.15, 0.2) is 6.10 Å². The van der Waals surface area contributed by atoms with E-state index in [0.29, 0.717) is 10.8 Å². The topological polar surface area (TPSA) is 46.5 Å². The number of rotatable bonds is 5. The average Bonchev–Trinajstić information content (AvgIpc) is 2.44. The van der Waals surface area contributed by atoms with Crippen molar-refractivity contribution in [1.29, 1.82) is 0 Å². The molecule has 0 heterocycles. The van der Waals surface area contributed by atoms with Crippen LogP contribution in [0.5, 0.6) is 5.75 Å². The summed E-state index contributed by atoms with van der Waals surface area (Å²) >= 11 is 5.98. The lowest BCUT2D eigenvalue weighted by molar-refractivity contribution is -0.145. The van der Waals surface area contributed by atoms with Crippen LogP contribution in [-0.4, -0.2) is 17.2 Å². The second kappa shape index (κ2) is 6.64. The first-order valence-electron chi connectivity index (χ1n) is 6.67. The summed E-state index contributed by atoms with van der Waals surface area (Å²) in [6, 6.07) is 12.8. The molecule has 2 rings (SSSR count). The molecule has 1 N–H and O–H groups in total. The van der Waals surface area contributed by atoms with Crippen molar-refractivity contribution in [1.82, 2.24) is 0 Å². The largest absolute Gasteiger partial charge is 0.478 e. The lowest BCUT2D eigenvalue weighted by Gasteiger charge is -2.18. The fraction of sp³-hybridized carbons (Fsp3) is 0.235. The van der Waals surface area contributed by atoms with Crippen molar-refractivity contribution in [3.63, 3.8) is 0 Å². The van der Waals surface area contributed by atoms with E-state index in [4.69, 9.17) is 16.3 Å². The molecule has 0 aliphatic carbocycles. The van der Waals surface area contributed by atoms with Gasteiger partial charge in [-0.05, 0) is 48.7 Å². The third kappa shape index (κ3) is 3.99. The number of benzene rings is 2. The van der Waals surface area contributed by atoms with E-state index in [2.05, 4.69) is 0 Å². The summed E-state index contributed by atoms with van der Waals surface area (Å²) in [6.07, 6.45) is -0.668. The molecule has 4 heteroatoms. The van der Waals surface area contributed by atoms with Crippen LogP contribution in [0.3, 0.4) is 0 Å². The van der Waals surface area contributed by atoms with Crippen LogP contribution in [0, 0.1) is 13.8 Å². The number of carboxylic acids is 1. The maximum atomic E-state index is 11.5. The van der Waals surface area contributed by atoms with Gasteiger partial charge in [-0.2, -0.15) is 0 Å². The molecular formula is C17H17ClO3. The second-order valence-electron chi connectivity index (χ2n) is 4.99. The molecule has 0 saturated carbocycles. The minimum atomic E-state index is -0.988. The van der Waals surface area contributed by atoms with Crippen molar-refractivity contribution in [3.05, 3.63) is 64.2 Å². The Bertz CT molecular complexity index is 652. The molecule has 0 aliphatic heterocycles. The van der Waals surface area contributed by atoms with Gasteiger partial charge in [0, 0.05) is 11.4 Å². The maximum Gasteiger partial charge on any atom is 0.345 e. The fourth-order valence-electron chi connectivity index (χ4n) is 2.08. The molecule has 0 spiro atoms. The van der Waals surface area contributed by atoms with Gasteiger partial charge in [0.05, 0.1) is 0 Å². The second-order valence-corrected chi connectivity index (χ2v) is 5.42. The Morgan fingerprint density at radius 1 is 1.19 bits per heavy atom. The summed E-state index contributed by atoms with van der Waals surface area (Å²) in [6.45, 7) is 3.82. The monoisotopic (exact) mass is 304 g/mol. The Labute approximate surface area is 129 Å². The smallest absolute Gasteiger partial charge is 0.345 e. The summed E-state index contributed by atoms with van der Waals surface area (Å²) in [7, 11) is 0. The van der Waals surface area contributed by atoms with Crippen LogP contribution in [0.4, 0.5) is 0 Å². The summed E-state index contributed by atoms with van der Waals surface area (Å²) < 4.78 is 5.66. The highest BCUT2D eigenvalue weighted by Crippen LogP contribution is 2.22. The lowest BCUT2D eigenvalue weighted by atomic mass is 10.0. The average molecular weight is 305 g/mol. The first-order chi connectivity index (χ1) is 9.97. The molecule has 0 aromatic heterocycles. The summed E-state index contributed by atoms with van der Waals surface area (Å²) in [5.74, 6) is -0.401. The number of carbonyl (C=O) groups is 1. The predicted octanol–water partition coefficient (Wildman–Crippen LogP) is 4.03. The van der Waals surface area contributed by atoms with Crippen LogP contribution >= 0.6 is 11.6 Å². The zero-order chi connectivity index (χ0) is 15.4. The van der Waals surface area contributed by atoms with E-state index < -0.39 is 12.1 Å². The fourth-order valence-corrected chi connectivity index (χ4v) is 2.28. The predicted molar refractivity (Wildman–Crippen MR) is 83.1 cm³/mol. The third-order valence-electron chi connectivity index (χ3n) is 3.35. The molecule has 0 radical (unpaired) electrons. The normalized spacial score (nSPS) is 12.0. The third-order valence-corrected chi connectivity index (χ3v) is 3.59. The van der Waals surface area contributed by atoms with E-state index in [-0.39, 0.29) is 6.42 Å².